The standard InChI is InChI=1S/C25H30N4O3/c1-2-28-21-12-6-7-13-22(21)29(25(28)32)19-24(31)27-17-15-26(16-18-27)23(30)14-8-11-20-9-4-3-5-10-20/h3-7,9-10,12-13H,2,8,11,14-19H2,1H3. The van der Waals surface area contributed by atoms with Crippen LogP contribution in [0.15, 0.2) is 59.4 Å². The topological polar surface area (TPSA) is 67.6 Å². The van der Waals surface area contributed by atoms with Gasteiger partial charge < -0.3 is 9.80 Å². The van der Waals surface area contributed by atoms with Crippen molar-refractivity contribution in [1.29, 1.82) is 0 Å². The minimum absolute atomic E-state index is 0.0252. The van der Waals surface area contributed by atoms with Crippen molar-refractivity contribution in [2.24, 2.45) is 0 Å². The Balaban J connectivity index is 1.30. The summed E-state index contributed by atoms with van der Waals surface area (Å²) in [6.07, 6.45) is 2.24. The molecular formula is C25H30N4O3. The molecule has 0 bridgehead atoms. The number of hydrogen-bond donors (Lipinski definition) is 0. The van der Waals surface area contributed by atoms with E-state index < -0.39 is 0 Å². The van der Waals surface area contributed by atoms with Gasteiger partial charge in [0.15, 0.2) is 0 Å². The number of carbonyl (C=O) groups is 2. The Morgan fingerprint density at radius 2 is 1.34 bits per heavy atom. The van der Waals surface area contributed by atoms with Gasteiger partial charge in [-0.15, -0.1) is 0 Å². The third-order valence-corrected chi connectivity index (χ3v) is 6.22. The number of hydrogen-bond acceptors (Lipinski definition) is 3. The molecule has 1 aliphatic heterocycles. The van der Waals surface area contributed by atoms with E-state index in [9.17, 15) is 14.4 Å². The normalized spacial score (nSPS) is 14.2. The van der Waals surface area contributed by atoms with E-state index >= 15 is 0 Å². The van der Waals surface area contributed by atoms with Gasteiger partial charge in [0, 0.05) is 39.1 Å². The van der Waals surface area contributed by atoms with E-state index in [0.717, 1.165) is 23.9 Å². The Morgan fingerprint density at radius 1 is 0.781 bits per heavy atom. The first-order valence-corrected chi connectivity index (χ1v) is 11.4. The zero-order valence-electron chi connectivity index (χ0n) is 18.6. The number of carbonyl (C=O) groups excluding carboxylic acids is 2. The van der Waals surface area contributed by atoms with Crippen LogP contribution in [-0.4, -0.2) is 56.9 Å². The van der Waals surface area contributed by atoms with E-state index in [-0.39, 0.29) is 24.0 Å². The number of aryl methyl sites for hydroxylation is 2. The van der Waals surface area contributed by atoms with E-state index in [1.807, 2.05) is 54.3 Å². The summed E-state index contributed by atoms with van der Waals surface area (Å²) >= 11 is 0. The smallest absolute Gasteiger partial charge is 0.329 e. The molecule has 0 spiro atoms. The molecule has 32 heavy (non-hydrogen) atoms. The van der Waals surface area contributed by atoms with Gasteiger partial charge in [0.05, 0.1) is 11.0 Å². The van der Waals surface area contributed by atoms with Crippen molar-refractivity contribution in [2.45, 2.75) is 39.3 Å². The zero-order chi connectivity index (χ0) is 22.5. The number of aromatic nitrogens is 2. The lowest BCUT2D eigenvalue weighted by molar-refractivity contribution is -0.140. The van der Waals surface area contributed by atoms with Crippen molar-refractivity contribution >= 4 is 22.8 Å². The van der Waals surface area contributed by atoms with Crippen LogP contribution in [0.4, 0.5) is 0 Å². The van der Waals surface area contributed by atoms with E-state index in [0.29, 0.717) is 39.1 Å². The first-order chi connectivity index (χ1) is 15.6. The summed E-state index contributed by atoms with van der Waals surface area (Å²) in [5.41, 5.74) is 2.71. The van der Waals surface area contributed by atoms with E-state index in [2.05, 4.69) is 12.1 Å². The number of fused-ring (bicyclic) bond motifs is 1. The summed E-state index contributed by atoms with van der Waals surface area (Å²) < 4.78 is 3.25. The molecule has 2 aromatic carbocycles. The van der Waals surface area contributed by atoms with Crippen molar-refractivity contribution in [3.63, 3.8) is 0 Å². The fourth-order valence-corrected chi connectivity index (χ4v) is 4.42. The predicted octanol–water partition coefficient (Wildman–Crippen LogP) is 2.52. The summed E-state index contributed by atoms with van der Waals surface area (Å²) in [5, 5.41) is 0. The lowest BCUT2D eigenvalue weighted by atomic mass is 10.1. The van der Waals surface area contributed by atoms with Crippen LogP contribution >= 0.6 is 0 Å². The highest BCUT2D eigenvalue weighted by Crippen LogP contribution is 2.14. The fourth-order valence-electron chi connectivity index (χ4n) is 4.42. The number of benzene rings is 2. The number of rotatable bonds is 7. The lowest BCUT2D eigenvalue weighted by Gasteiger charge is -2.35. The van der Waals surface area contributed by atoms with Crippen LogP contribution in [0.25, 0.3) is 11.0 Å². The molecule has 7 heteroatoms. The molecule has 0 unspecified atom stereocenters. The second kappa shape index (κ2) is 9.85. The first-order valence-electron chi connectivity index (χ1n) is 11.4. The number of imidazole rings is 1. The number of amides is 2. The highest BCUT2D eigenvalue weighted by Gasteiger charge is 2.25. The van der Waals surface area contributed by atoms with E-state index in [1.165, 1.54) is 5.56 Å². The molecule has 1 aromatic heterocycles. The lowest BCUT2D eigenvalue weighted by Crippen LogP contribution is -2.51. The van der Waals surface area contributed by atoms with Crippen molar-refractivity contribution in [2.75, 3.05) is 26.2 Å². The van der Waals surface area contributed by atoms with Gasteiger partial charge in [-0.2, -0.15) is 0 Å². The van der Waals surface area contributed by atoms with E-state index in [1.54, 1.807) is 14.0 Å². The maximum Gasteiger partial charge on any atom is 0.329 e. The molecule has 0 atom stereocenters. The highest BCUT2D eigenvalue weighted by atomic mass is 16.2. The molecule has 4 rings (SSSR count). The highest BCUT2D eigenvalue weighted by molar-refractivity contribution is 5.81. The van der Waals surface area contributed by atoms with Crippen LogP contribution in [0.1, 0.15) is 25.3 Å². The van der Waals surface area contributed by atoms with Gasteiger partial charge in [-0.25, -0.2) is 4.79 Å². The summed E-state index contributed by atoms with van der Waals surface area (Å²) in [6.45, 7) is 4.61. The maximum atomic E-state index is 12.9. The van der Waals surface area contributed by atoms with Crippen molar-refractivity contribution in [3.05, 3.63) is 70.6 Å². The Labute approximate surface area is 187 Å². The average Bonchev–Trinajstić information content (AvgIpc) is 3.10. The number of piperazine rings is 1. The molecule has 1 saturated heterocycles. The van der Waals surface area contributed by atoms with Crippen LogP contribution in [-0.2, 0) is 29.1 Å². The maximum absolute atomic E-state index is 12.9. The molecule has 2 amide bonds. The van der Waals surface area contributed by atoms with Crippen LogP contribution in [0.2, 0.25) is 0 Å². The van der Waals surface area contributed by atoms with Gasteiger partial charge in [0.1, 0.15) is 6.54 Å². The van der Waals surface area contributed by atoms with Crippen molar-refractivity contribution < 1.29 is 9.59 Å². The molecule has 1 fully saturated rings. The zero-order valence-corrected chi connectivity index (χ0v) is 18.6. The minimum Gasteiger partial charge on any atom is -0.339 e. The van der Waals surface area contributed by atoms with Gasteiger partial charge in [0.2, 0.25) is 11.8 Å². The molecule has 2 heterocycles. The average molecular weight is 435 g/mol. The molecule has 7 nitrogen and oxygen atoms in total. The number of nitrogens with zero attached hydrogens (tertiary/aromatic N) is 4. The Kier molecular flexibility index (Phi) is 6.73. The first kappa shape index (κ1) is 21.9. The minimum atomic E-state index is -0.158. The molecular weight excluding hydrogens is 404 g/mol. The molecule has 0 aliphatic carbocycles. The van der Waals surface area contributed by atoms with Gasteiger partial charge in [-0.3, -0.25) is 18.7 Å². The van der Waals surface area contributed by atoms with Crippen LogP contribution in [0.3, 0.4) is 0 Å². The molecule has 0 radical (unpaired) electrons. The molecule has 0 saturated carbocycles. The summed E-state index contributed by atoms with van der Waals surface area (Å²) in [6, 6.07) is 17.7. The Morgan fingerprint density at radius 3 is 1.97 bits per heavy atom. The summed E-state index contributed by atoms with van der Waals surface area (Å²) in [4.78, 5) is 41.9. The summed E-state index contributed by atoms with van der Waals surface area (Å²) in [5.74, 6) is 0.0672. The molecule has 1 aliphatic rings. The predicted molar refractivity (Wildman–Crippen MR) is 124 cm³/mol. The van der Waals surface area contributed by atoms with Gasteiger partial charge >= 0.3 is 5.69 Å². The Hall–Kier alpha value is -3.35. The largest absolute Gasteiger partial charge is 0.339 e. The quantitative estimate of drug-likeness (QED) is 0.574. The van der Waals surface area contributed by atoms with Crippen LogP contribution < -0.4 is 5.69 Å². The van der Waals surface area contributed by atoms with Gasteiger partial charge in [-0.05, 0) is 37.5 Å². The second-order valence-corrected chi connectivity index (χ2v) is 8.20. The van der Waals surface area contributed by atoms with Gasteiger partial charge in [-0.1, -0.05) is 42.5 Å². The van der Waals surface area contributed by atoms with Crippen molar-refractivity contribution in [1.82, 2.24) is 18.9 Å². The third-order valence-electron chi connectivity index (χ3n) is 6.22. The molecule has 0 N–H and O–H groups in total. The third kappa shape index (κ3) is 4.61. The Bertz CT molecular complexity index is 1140. The van der Waals surface area contributed by atoms with Gasteiger partial charge in [0.25, 0.3) is 0 Å². The SMILES string of the molecule is CCn1c(=O)n(CC(=O)N2CCN(C(=O)CCCc3ccccc3)CC2)c2ccccc21. The van der Waals surface area contributed by atoms with E-state index in [4.69, 9.17) is 0 Å². The molecule has 3 aromatic rings. The molecule has 168 valence electrons. The second-order valence-electron chi connectivity index (χ2n) is 8.20. The monoisotopic (exact) mass is 434 g/mol. The van der Waals surface area contributed by atoms with Crippen LogP contribution in [0.5, 0.6) is 0 Å². The van der Waals surface area contributed by atoms with Crippen molar-refractivity contribution in [3.8, 4) is 0 Å². The number of para-hydroxylation sites is 2. The van der Waals surface area contributed by atoms with Crippen LogP contribution in [0, 0.1) is 0 Å². The fraction of sp³-hybridized carbons (Fsp3) is 0.400. The summed E-state index contributed by atoms with van der Waals surface area (Å²) in [7, 11) is 0.